The van der Waals surface area contributed by atoms with E-state index in [2.05, 4.69) is 5.32 Å². The number of thiocarbonyl (C=S) groups is 1. The SMILES string of the molecule is COC(Oc1ccc(CCC(C)=C2SC(=S)NC2=O)cc1)C(=O)O. The van der Waals surface area contributed by atoms with Crippen molar-refractivity contribution >= 4 is 40.2 Å². The van der Waals surface area contributed by atoms with Crippen LogP contribution in [0.1, 0.15) is 18.9 Å². The molecule has 1 saturated heterocycles. The number of carboxylic acids is 1. The molecule has 1 aromatic rings. The highest BCUT2D eigenvalue weighted by atomic mass is 32.2. The fourth-order valence-electron chi connectivity index (χ4n) is 2.10. The van der Waals surface area contributed by atoms with Crippen molar-refractivity contribution in [3.05, 3.63) is 40.3 Å². The summed E-state index contributed by atoms with van der Waals surface area (Å²) in [6.45, 7) is 1.92. The predicted octanol–water partition coefficient (Wildman–Crippen LogP) is 2.48. The number of carbonyl (C=O) groups is 2. The number of thioether (sulfide) groups is 1. The molecule has 0 aromatic heterocycles. The number of aliphatic carboxylic acids is 1. The first-order chi connectivity index (χ1) is 11.4. The van der Waals surface area contributed by atoms with Crippen LogP contribution in [-0.2, 0) is 20.7 Å². The van der Waals surface area contributed by atoms with Crippen molar-refractivity contribution in [1.82, 2.24) is 5.32 Å². The molecule has 0 saturated carbocycles. The molecular formula is C16H17NO5S2. The molecule has 1 aliphatic heterocycles. The summed E-state index contributed by atoms with van der Waals surface area (Å²) in [5, 5.41) is 11.5. The van der Waals surface area contributed by atoms with E-state index in [1.54, 1.807) is 12.1 Å². The lowest BCUT2D eigenvalue weighted by Gasteiger charge is -2.13. The van der Waals surface area contributed by atoms with Crippen LogP contribution in [0.25, 0.3) is 0 Å². The highest BCUT2D eigenvalue weighted by molar-refractivity contribution is 8.26. The summed E-state index contributed by atoms with van der Waals surface area (Å²) in [6.07, 6.45) is 0.154. The van der Waals surface area contributed by atoms with E-state index in [-0.39, 0.29) is 5.91 Å². The lowest BCUT2D eigenvalue weighted by Crippen LogP contribution is -2.28. The lowest BCUT2D eigenvalue weighted by molar-refractivity contribution is -0.166. The number of hydrogen-bond acceptors (Lipinski definition) is 6. The third-order valence-electron chi connectivity index (χ3n) is 3.38. The molecule has 0 spiro atoms. The second-order valence-electron chi connectivity index (χ2n) is 5.12. The Morgan fingerprint density at radius 1 is 1.38 bits per heavy atom. The zero-order valence-electron chi connectivity index (χ0n) is 13.2. The van der Waals surface area contributed by atoms with E-state index in [0.717, 1.165) is 24.0 Å². The molecule has 2 rings (SSSR count). The summed E-state index contributed by atoms with van der Waals surface area (Å²) in [5.74, 6) is -0.904. The highest BCUT2D eigenvalue weighted by Gasteiger charge is 2.24. The van der Waals surface area contributed by atoms with Gasteiger partial charge in [-0.25, -0.2) is 4.79 Å². The maximum Gasteiger partial charge on any atom is 0.373 e. The molecule has 0 bridgehead atoms. The molecule has 0 aliphatic carbocycles. The van der Waals surface area contributed by atoms with Crippen molar-refractivity contribution in [1.29, 1.82) is 0 Å². The highest BCUT2D eigenvalue weighted by Crippen LogP contribution is 2.28. The van der Waals surface area contributed by atoms with Crippen LogP contribution in [0.15, 0.2) is 34.7 Å². The van der Waals surface area contributed by atoms with Gasteiger partial charge in [0.05, 0.1) is 4.91 Å². The molecule has 24 heavy (non-hydrogen) atoms. The number of carboxylic acid groups (broad SMARTS) is 1. The first kappa shape index (κ1) is 18.4. The van der Waals surface area contributed by atoms with Gasteiger partial charge < -0.3 is 19.9 Å². The number of amides is 1. The van der Waals surface area contributed by atoms with E-state index in [9.17, 15) is 9.59 Å². The first-order valence-corrected chi connectivity index (χ1v) is 8.37. The van der Waals surface area contributed by atoms with E-state index in [1.165, 1.54) is 18.9 Å². The van der Waals surface area contributed by atoms with Gasteiger partial charge in [-0.1, -0.05) is 41.7 Å². The Morgan fingerprint density at radius 3 is 2.54 bits per heavy atom. The molecule has 1 heterocycles. The Hall–Kier alpha value is -1.90. The van der Waals surface area contributed by atoms with Gasteiger partial charge in [0, 0.05) is 7.11 Å². The monoisotopic (exact) mass is 367 g/mol. The van der Waals surface area contributed by atoms with Gasteiger partial charge in [-0.2, -0.15) is 0 Å². The molecule has 1 amide bonds. The maximum absolute atomic E-state index is 11.7. The molecule has 6 nitrogen and oxygen atoms in total. The molecule has 1 aromatic carbocycles. The third-order valence-corrected chi connectivity index (χ3v) is 4.75. The van der Waals surface area contributed by atoms with Gasteiger partial charge in [-0.15, -0.1) is 0 Å². The molecule has 128 valence electrons. The third kappa shape index (κ3) is 4.80. The molecule has 1 fully saturated rings. The van der Waals surface area contributed by atoms with Crippen LogP contribution < -0.4 is 10.1 Å². The standard InChI is InChI=1S/C16H17NO5S2/c1-9(12-13(18)17-16(23)24-12)3-4-10-5-7-11(8-6-10)22-15(21-2)14(19)20/h5-8,15H,3-4H2,1-2H3,(H,19,20)(H,17,18,23). The van der Waals surface area contributed by atoms with Gasteiger partial charge in [-0.05, 0) is 37.5 Å². The number of ether oxygens (including phenoxy) is 2. The fraction of sp³-hybridized carbons (Fsp3) is 0.312. The van der Waals surface area contributed by atoms with E-state index in [4.69, 9.17) is 26.8 Å². The lowest BCUT2D eigenvalue weighted by atomic mass is 10.1. The van der Waals surface area contributed by atoms with Crippen molar-refractivity contribution in [3.63, 3.8) is 0 Å². The Labute approximate surface area is 149 Å². The Morgan fingerprint density at radius 2 is 2.04 bits per heavy atom. The molecule has 2 N–H and O–H groups in total. The van der Waals surface area contributed by atoms with Crippen molar-refractivity contribution < 1.29 is 24.2 Å². The topological polar surface area (TPSA) is 84.9 Å². The predicted molar refractivity (Wildman–Crippen MR) is 94.9 cm³/mol. The minimum atomic E-state index is -1.33. The van der Waals surface area contributed by atoms with Crippen molar-refractivity contribution in [2.45, 2.75) is 26.1 Å². The number of carbonyl (C=O) groups excluding carboxylic acids is 1. The number of nitrogens with one attached hydrogen (secondary N) is 1. The van der Waals surface area contributed by atoms with Gasteiger partial charge in [0.2, 0.25) is 0 Å². The van der Waals surface area contributed by atoms with E-state index in [1.807, 2.05) is 19.1 Å². The van der Waals surface area contributed by atoms with Gasteiger partial charge in [0.25, 0.3) is 12.2 Å². The van der Waals surface area contributed by atoms with Gasteiger partial charge in [0.1, 0.15) is 10.1 Å². The molecule has 1 atom stereocenters. The van der Waals surface area contributed by atoms with Crippen LogP contribution in [0.5, 0.6) is 5.75 Å². The molecule has 0 radical (unpaired) electrons. The Bertz CT molecular complexity index is 684. The van der Waals surface area contributed by atoms with Gasteiger partial charge in [0.15, 0.2) is 0 Å². The van der Waals surface area contributed by atoms with Gasteiger partial charge >= 0.3 is 5.97 Å². The number of aryl methyl sites for hydroxylation is 1. The number of rotatable bonds is 7. The average Bonchev–Trinajstić information content (AvgIpc) is 2.89. The van der Waals surface area contributed by atoms with Gasteiger partial charge in [-0.3, -0.25) is 4.79 Å². The number of allylic oxidation sites excluding steroid dienone is 1. The summed E-state index contributed by atoms with van der Waals surface area (Å²) in [6, 6.07) is 7.10. The normalized spacial score (nSPS) is 17.4. The number of hydrogen-bond donors (Lipinski definition) is 2. The van der Waals surface area contributed by atoms with E-state index < -0.39 is 12.3 Å². The summed E-state index contributed by atoms with van der Waals surface area (Å²) in [7, 11) is 1.27. The van der Waals surface area contributed by atoms with Crippen LogP contribution in [0, 0.1) is 0 Å². The fourth-order valence-corrected chi connectivity index (χ4v) is 3.19. The summed E-state index contributed by atoms with van der Waals surface area (Å²) in [5.41, 5.74) is 2.04. The summed E-state index contributed by atoms with van der Waals surface area (Å²) >= 11 is 6.27. The number of benzene rings is 1. The Kier molecular flexibility index (Phi) is 6.36. The van der Waals surface area contributed by atoms with E-state index in [0.29, 0.717) is 15.0 Å². The van der Waals surface area contributed by atoms with E-state index >= 15 is 0 Å². The average molecular weight is 367 g/mol. The number of methoxy groups -OCH3 is 1. The van der Waals surface area contributed by atoms with Crippen LogP contribution in [-0.4, -0.2) is 34.7 Å². The van der Waals surface area contributed by atoms with Crippen molar-refractivity contribution in [3.8, 4) is 5.75 Å². The van der Waals surface area contributed by atoms with Crippen LogP contribution in [0.2, 0.25) is 0 Å². The second kappa shape index (κ2) is 8.27. The summed E-state index contributed by atoms with van der Waals surface area (Å²) < 4.78 is 10.4. The van der Waals surface area contributed by atoms with Crippen LogP contribution in [0.3, 0.4) is 0 Å². The minimum Gasteiger partial charge on any atom is -0.477 e. The molecule has 1 aliphatic rings. The smallest absolute Gasteiger partial charge is 0.373 e. The molecular weight excluding hydrogens is 350 g/mol. The zero-order chi connectivity index (χ0) is 17.7. The van der Waals surface area contributed by atoms with Crippen molar-refractivity contribution in [2.24, 2.45) is 0 Å². The largest absolute Gasteiger partial charge is 0.477 e. The Balaban J connectivity index is 1.95. The molecule has 8 heteroatoms. The van der Waals surface area contributed by atoms with Crippen LogP contribution in [0.4, 0.5) is 0 Å². The van der Waals surface area contributed by atoms with Crippen LogP contribution >= 0.6 is 24.0 Å². The maximum atomic E-state index is 11.7. The molecule has 1 unspecified atom stereocenters. The minimum absolute atomic E-state index is 0.134. The zero-order valence-corrected chi connectivity index (χ0v) is 14.8. The second-order valence-corrected chi connectivity index (χ2v) is 6.81. The van der Waals surface area contributed by atoms with Crippen molar-refractivity contribution in [2.75, 3.05) is 7.11 Å². The summed E-state index contributed by atoms with van der Waals surface area (Å²) in [4.78, 5) is 23.2. The quantitative estimate of drug-likeness (QED) is 0.435. The first-order valence-electron chi connectivity index (χ1n) is 7.15.